The maximum atomic E-state index is 6.99. The van der Waals surface area contributed by atoms with E-state index in [1.807, 2.05) is 0 Å². The van der Waals surface area contributed by atoms with Gasteiger partial charge in [0.15, 0.2) is 0 Å². The first kappa shape index (κ1) is 36.5. The van der Waals surface area contributed by atoms with Crippen molar-refractivity contribution in [3.05, 3.63) is 187 Å². The average Bonchev–Trinajstić information content (AvgIpc) is 3.27. The number of ether oxygens (including phenoxy) is 2. The fourth-order valence-electron chi connectivity index (χ4n) is 9.97. The Morgan fingerprint density at radius 3 is 1.65 bits per heavy atom. The highest BCUT2D eigenvalue weighted by molar-refractivity contribution is 6.98. The number of hydrogen-bond acceptors (Lipinski definition) is 2. The molecule has 8 aromatic carbocycles. The van der Waals surface area contributed by atoms with Crippen molar-refractivity contribution >= 4 is 44.6 Å². The Bertz CT molecular complexity index is 3030. The van der Waals surface area contributed by atoms with E-state index in [2.05, 4.69) is 205 Å². The molecule has 0 radical (unpaired) electrons. The summed E-state index contributed by atoms with van der Waals surface area (Å²) in [6.45, 7) is 11.6. The Morgan fingerprint density at radius 1 is 0.450 bits per heavy atom. The van der Waals surface area contributed by atoms with Gasteiger partial charge in [0.2, 0.25) is 0 Å². The molecule has 0 fully saturated rings. The molecule has 0 saturated carbocycles. The monoisotopic (exact) mass is 774 g/mol. The predicted octanol–water partition coefficient (Wildman–Crippen LogP) is 13.6. The van der Waals surface area contributed by atoms with E-state index in [-0.39, 0.29) is 17.5 Å². The molecule has 0 saturated heterocycles. The first-order chi connectivity index (χ1) is 29.1. The smallest absolute Gasteiger partial charge is 0.260 e. The van der Waals surface area contributed by atoms with Gasteiger partial charge in [0, 0.05) is 10.9 Å². The maximum absolute atomic E-state index is 6.99. The summed E-state index contributed by atoms with van der Waals surface area (Å²) in [5.74, 6) is 3.50. The summed E-state index contributed by atoms with van der Waals surface area (Å²) in [4.78, 5) is 0. The van der Waals surface area contributed by atoms with E-state index in [4.69, 9.17) is 9.47 Å². The Labute approximate surface area is 353 Å². The van der Waals surface area contributed by atoms with E-state index in [1.165, 1.54) is 71.4 Å². The van der Waals surface area contributed by atoms with Crippen molar-refractivity contribution in [3.8, 4) is 56.4 Å². The van der Waals surface area contributed by atoms with E-state index in [0.717, 1.165) is 52.4 Å². The van der Waals surface area contributed by atoms with Crippen LogP contribution < -0.4 is 25.9 Å². The first-order valence-electron chi connectivity index (χ1n) is 21.4. The fraction of sp³-hybridized carbons (Fsp3) is 0.158. The third kappa shape index (κ3) is 5.86. The Hall–Kier alpha value is -6.58. The van der Waals surface area contributed by atoms with Crippen LogP contribution in [0.15, 0.2) is 175 Å². The molecule has 11 rings (SSSR count). The molecule has 0 bridgehead atoms. The summed E-state index contributed by atoms with van der Waals surface area (Å²) in [6, 6.07) is 55.7. The van der Waals surface area contributed by atoms with Gasteiger partial charge >= 0.3 is 0 Å². The van der Waals surface area contributed by atoms with Crippen molar-refractivity contribution in [3.63, 3.8) is 0 Å². The van der Waals surface area contributed by atoms with Crippen LogP contribution >= 0.6 is 0 Å². The molecule has 3 aliphatic rings. The summed E-state index contributed by atoms with van der Waals surface area (Å²) in [5, 5.41) is 4.99. The highest BCUT2D eigenvalue weighted by atomic mass is 16.5. The molecule has 3 heteroatoms. The summed E-state index contributed by atoms with van der Waals surface area (Å²) in [5.41, 5.74) is 14.3. The van der Waals surface area contributed by atoms with Gasteiger partial charge in [-0.25, -0.2) is 0 Å². The van der Waals surface area contributed by atoms with Crippen LogP contribution in [0.25, 0.3) is 54.9 Å². The normalized spacial score (nSPS) is 14.2. The predicted molar refractivity (Wildman–Crippen MR) is 254 cm³/mol. The van der Waals surface area contributed by atoms with E-state index in [0.29, 0.717) is 0 Å². The minimum Gasteiger partial charge on any atom is -0.458 e. The number of benzene rings is 8. The van der Waals surface area contributed by atoms with Crippen molar-refractivity contribution in [2.24, 2.45) is 0 Å². The third-order valence-corrected chi connectivity index (χ3v) is 13.2. The van der Waals surface area contributed by atoms with Gasteiger partial charge in [-0.05, 0) is 131 Å². The van der Waals surface area contributed by atoms with Crippen LogP contribution in [-0.4, -0.2) is 6.71 Å². The standard InChI is InChI=1S/C57H47BO2/c1-56(2,3)42-31-37(30-39(32-42)54-45-24-14-12-22-43(45)53(36-18-8-6-9-19-36)44-23-13-15-25-46(44)54)38-33-51-55-52(34-38)60-50-29-28-41(57(4,5)40-20-10-7-11-21-40)35-48(50)58(55)47-26-16-17-27-49(47)59-51/h6,8-10,12-35H,7,11H2,1-5H3. The quantitative estimate of drug-likeness (QED) is 0.128. The van der Waals surface area contributed by atoms with Crippen LogP contribution in [0.5, 0.6) is 23.0 Å². The van der Waals surface area contributed by atoms with Gasteiger partial charge in [0.05, 0.1) is 0 Å². The lowest BCUT2D eigenvalue weighted by Gasteiger charge is -2.35. The Balaban J connectivity index is 1.11. The molecule has 0 atom stereocenters. The van der Waals surface area contributed by atoms with Crippen LogP contribution in [0, 0.1) is 0 Å². The Kier molecular flexibility index (Phi) is 8.36. The molecular formula is C57H47BO2. The van der Waals surface area contributed by atoms with Crippen molar-refractivity contribution < 1.29 is 9.47 Å². The van der Waals surface area contributed by atoms with Crippen LogP contribution in [0.4, 0.5) is 0 Å². The Morgan fingerprint density at radius 2 is 1.02 bits per heavy atom. The van der Waals surface area contributed by atoms with Crippen molar-refractivity contribution in [2.75, 3.05) is 0 Å². The molecule has 290 valence electrons. The van der Waals surface area contributed by atoms with Gasteiger partial charge in [0.25, 0.3) is 6.71 Å². The van der Waals surface area contributed by atoms with E-state index >= 15 is 0 Å². The fourth-order valence-corrected chi connectivity index (χ4v) is 9.97. The molecule has 0 amide bonds. The van der Waals surface area contributed by atoms with Crippen molar-refractivity contribution in [1.29, 1.82) is 0 Å². The summed E-state index contributed by atoms with van der Waals surface area (Å²) in [6.07, 6.45) is 9.21. The molecule has 0 unspecified atom stereocenters. The molecule has 0 aromatic heterocycles. The second kappa shape index (κ2) is 13.7. The van der Waals surface area contributed by atoms with Gasteiger partial charge in [-0.1, -0.05) is 174 Å². The molecule has 2 heterocycles. The first-order valence-corrected chi connectivity index (χ1v) is 21.4. The molecule has 0 spiro atoms. The number of allylic oxidation sites excluding steroid dienone is 4. The lowest BCUT2D eigenvalue weighted by Crippen LogP contribution is -2.57. The molecule has 1 aliphatic carbocycles. The molecule has 0 N–H and O–H groups in total. The van der Waals surface area contributed by atoms with Crippen LogP contribution in [0.1, 0.15) is 58.6 Å². The second-order valence-corrected chi connectivity index (χ2v) is 18.3. The zero-order valence-corrected chi connectivity index (χ0v) is 35.0. The van der Waals surface area contributed by atoms with Crippen LogP contribution in [-0.2, 0) is 10.8 Å². The molecule has 60 heavy (non-hydrogen) atoms. The average molecular weight is 775 g/mol. The molecule has 2 aliphatic heterocycles. The maximum Gasteiger partial charge on any atom is 0.260 e. The second-order valence-electron chi connectivity index (χ2n) is 18.3. The highest BCUT2D eigenvalue weighted by Gasteiger charge is 2.41. The van der Waals surface area contributed by atoms with E-state index < -0.39 is 0 Å². The summed E-state index contributed by atoms with van der Waals surface area (Å²) in [7, 11) is 0. The van der Waals surface area contributed by atoms with Gasteiger partial charge in [-0.15, -0.1) is 0 Å². The third-order valence-electron chi connectivity index (χ3n) is 13.2. The molecular weight excluding hydrogens is 727 g/mol. The van der Waals surface area contributed by atoms with E-state index in [9.17, 15) is 0 Å². The number of para-hydroxylation sites is 1. The minimum atomic E-state index is -0.141. The summed E-state index contributed by atoms with van der Waals surface area (Å²) >= 11 is 0. The van der Waals surface area contributed by atoms with Gasteiger partial charge in [0.1, 0.15) is 23.0 Å². The van der Waals surface area contributed by atoms with E-state index in [1.54, 1.807) is 0 Å². The van der Waals surface area contributed by atoms with Gasteiger partial charge in [-0.3, -0.25) is 0 Å². The number of rotatable bonds is 5. The lowest BCUT2D eigenvalue weighted by molar-refractivity contribution is 0.464. The topological polar surface area (TPSA) is 18.5 Å². The number of hydrogen-bond donors (Lipinski definition) is 0. The molecule has 2 nitrogen and oxygen atoms in total. The SMILES string of the molecule is CC(C)(C)c1cc(-c2cc3c4c(c2)Oc2ccc(C(C)(C)C5=CCCC=C5)cc2B4c2ccccc2O3)cc(-c2c3ccccc3c(-c3ccccc3)c3ccccc23)c1. The highest BCUT2D eigenvalue weighted by Crippen LogP contribution is 2.47. The van der Waals surface area contributed by atoms with Crippen LogP contribution in [0.3, 0.4) is 0 Å². The zero-order valence-electron chi connectivity index (χ0n) is 35.0. The van der Waals surface area contributed by atoms with Crippen molar-refractivity contribution in [1.82, 2.24) is 0 Å². The lowest BCUT2D eigenvalue weighted by atomic mass is 9.34. The van der Waals surface area contributed by atoms with Gasteiger partial charge < -0.3 is 9.47 Å². The van der Waals surface area contributed by atoms with Crippen molar-refractivity contribution in [2.45, 2.75) is 58.3 Å². The molecule has 8 aromatic rings. The largest absolute Gasteiger partial charge is 0.458 e. The van der Waals surface area contributed by atoms with Gasteiger partial charge in [-0.2, -0.15) is 0 Å². The zero-order chi connectivity index (χ0) is 40.8. The minimum absolute atomic E-state index is 0.0123. The van der Waals surface area contributed by atoms with Crippen LogP contribution in [0.2, 0.25) is 0 Å². The summed E-state index contributed by atoms with van der Waals surface area (Å²) < 4.78 is 13.9. The number of fused-ring (bicyclic) bond motifs is 6.